The van der Waals surface area contributed by atoms with Crippen LogP contribution in [0.25, 0.3) is 0 Å². The summed E-state index contributed by atoms with van der Waals surface area (Å²) in [4.78, 5) is 81.2. The van der Waals surface area contributed by atoms with Crippen molar-refractivity contribution in [1.82, 2.24) is 29.4 Å². The number of carbonyl (C=O) groups is 6. The van der Waals surface area contributed by atoms with Crippen molar-refractivity contribution in [3.8, 4) is 69.0 Å². The van der Waals surface area contributed by atoms with E-state index in [1.807, 2.05) is 0 Å². The molecular weight excluding hydrogens is 1780 g/mol. The Kier molecular flexibility index (Phi) is 11.5. The summed E-state index contributed by atoms with van der Waals surface area (Å²) in [5.74, 6) is -58.7. The second-order valence-electron chi connectivity index (χ2n) is 31.2. The van der Waals surface area contributed by atoms with Gasteiger partial charge in [-0.2, -0.15) is 0 Å². The van der Waals surface area contributed by atoms with E-state index in [0.29, 0.717) is 37.8 Å². The number of piperidine rings is 6. The first-order valence-electron chi connectivity index (χ1n) is 101. The maximum Gasteiger partial charge on any atom is 0.161 e. The summed E-state index contributed by atoms with van der Waals surface area (Å²) in [5, 5.41) is 0. The van der Waals surface area contributed by atoms with Crippen LogP contribution in [0.4, 0.5) is 0 Å². The van der Waals surface area contributed by atoms with Crippen molar-refractivity contribution < 1.29 is 250 Å². The molecule has 0 saturated carbocycles. The number of benzene rings is 6. The van der Waals surface area contributed by atoms with Crippen molar-refractivity contribution in [2.24, 2.45) is 70.8 Å². The lowest BCUT2D eigenvalue weighted by molar-refractivity contribution is -0.130. The van der Waals surface area contributed by atoms with Gasteiger partial charge in [0.05, 0.1) is 156 Å². The zero-order valence-electron chi connectivity index (χ0n) is 195. The van der Waals surface area contributed by atoms with E-state index in [9.17, 15) is 35.6 Å². The Morgan fingerprint density at radius 2 is 0.589 bits per heavy atom. The Balaban J connectivity index is 0.000000246. The van der Waals surface area contributed by atoms with Gasteiger partial charge in [-0.3, -0.25) is 58.2 Å². The molecule has 0 spiro atoms. The predicted molar refractivity (Wildman–Crippen MR) is 555 cm³/mol. The van der Waals surface area contributed by atoms with E-state index in [0.717, 1.165) is 0 Å². The molecule has 12 heterocycles. The van der Waals surface area contributed by atoms with E-state index >= 15 is 0 Å². The molecule has 0 N–H and O–H groups in total. The van der Waals surface area contributed by atoms with Crippen LogP contribution in [0.1, 0.15) is 446 Å². The minimum atomic E-state index is -4.79. The zero-order chi connectivity index (χ0) is 206. The number of rotatable bonds is 27. The summed E-state index contributed by atoms with van der Waals surface area (Å²) >= 11 is 0. The number of ketones is 6. The van der Waals surface area contributed by atoms with Crippen LogP contribution in [0.5, 0.6) is 69.0 Å². The number of Topliss-reactive ketones (excluding diaryl/α,β-unsaturated/α-hetero) is 6. The van der Waals surface area contributed by atoms with E-state index in [1.165, 1.54) is 13.8 Å². The summed E-state index contributed by atoms with van der Waals surface area (Å²) in [6.07, 6.45) is -64.6. The molecule has 774 valence electrons. The van der Waals surface area contributed by atoms with Crippen LogP contribution in [0.3, 0.4) is 0 Å². The van der Waals surface area contributed by atoms with E-state index in [2.05, 4.69) is 28.4 Å². The normalized spacial score (nSPS) is 52.1. The maximum atomic E-state index is 14.2. The van der Waals surface area contributed by atoms with E-state index in [4.69, 9.17) is 186 Å². The van der Waals surface area contributed by atoms with Gasteiger partial charge in [-0.25, -0.2) is 0 Å². The lowest BCUT2D eigenvalue weighted by Crippen LogP contribution is -2.46. The molecule has 6 fully saturated rings. The highest BCUT2D eigenvalue weighted by molar-refractivity contribution is 5.86. The smallest absolute Gasteiger partial charge is 0.161 e. The van der Waals surface area contributed by atoms with E-state index < -0.39 is 635 Å². The van der Waals surface area contributed by atoms with Crippen LogP contribution < -0.4 is 56.8 Å². The molecule has 0 aromatic heterocycles. The molecule has 6 aromatic carbocycles. The maximum absolute atomic E-state index is 14.2. The number of aryl methyl sites for hydroxylation is 1. The van der Waals surface area contributed by atoms with Gasteiger partial charge < -0.3 is 56.8 Å². The fourth-order valence-corrected chi connectivity index (χ4v) is 14.1. The molecule has 12 aliphatic rings. The van der Waals surface area contributed by atoms with Gasteiger partial charge in [0.25, 0.3) is 0 Å². The van der Waals surface area contributed by atoms with Crippen molar-refractivity contribution in [2.75, 3.05) is 163 Å². The topological polar surface area (TPSA) is 233 Å². The third-order valence-corrected chi connectivity index (χ3v) is 20.5. The van der Waals surface area contributed by atoms with Gasteiger partial charge in [-0.15, -0.1) is 0 Å². The van der Waals surface area contributed by atoms with Crippen LogP contribution in [0.15, 0.2) is 72.6 Å². The van der Waals surface area contributed by atoms with Crippen LogP contribution in [0.2, 0.25) is 0 Å². The van der Waals surface area contributed by atoms with Crippen LogP contribution in [-0.4, -0.2) is 227 Å². The summed E-state index contributed by atoms with van der Waals surface area (Å²) < 4.78 is 1040. The quantitative estimate of drug-likeness (QED) is 0.0466. The van der Waals surface area contributed by atoms with Crippen LogP contribution in [-0.2, 0) is 67.0 Å². The summed E-state index contributed by atoms with van der Waals surface area (Å²) in [7, 11) is -41.4. The average molecular weight is 2070 g/mol. The number of nitrogens with zero attached hydrogens (tertiary/aromatic N) is 6. The minimum absolute atomic E-state index is 0.0550. The third kappa shape index (κ3) is 25.6. The molecular formula is C117H168N6O18. The molecule has 0 aliphatic carbocycles. The molecule has 15 unspecified atom stereocenters. The first kappa shape index (κ1) is 32.4. The van der Waals surface area contributed by atoms with Gasteiger partial charge in [0, 0.05) is 281 Å². The molecule has 6 aromatic rings. The van der Waals surface area contributed by atoms with Gasteiger partial charge in [0.15, 0.2) is 69.0 Å². The minimum Gasteiger partial charge on any atom is -0.493 e. The van der Waals surface area contributed by atoms with Crippen LogP contribution in [0, 0.1) is 70.8 Å². The average Bonchev–Trinajstić information content (AvgIpc) is 0.628. The number of carbonyl (C=O) groups excluding carboxylic acids is 6. The third-order valence-electron chi connectivity index (χ3n) is 20.5. The number of ether oxygens (including phenoxy) is 12. The van der Waals surface area contributed by atoms with E-state index in [-0.39, 0.29) is 44.3 Å². The zero-order valence-corrected chi connectivity index (χ0v) is 75.0. The van der Waals surface area contributed by atoms with Crippen molar-refractivity contribution in [2.45, 2.75) is 253 Å². The van der Waals surface area contributed by atoms with Gasteiger partial charge in [0.2, 0.25) is 0 Å². The number of hydrogen-bond acceptors (Lipinski definition) is 24. The molecule has 0 radical (unpaired) electrons. The van der Waals surface area contributed by atoms with Crippen molar-refractivity contribution in [3.05, 3.63) is 139 Å². The molecule has 6 saturated heterocycles. The Labute approximate surface area is 1010 Å². The monoisotopic (exact) mass is 2070 g/mol. The first-order valence-corrected chi connectivity index (χ1v) is 41.1. The predicted octanol–water partition coefficient (Wildman–Crippen LogP) is 20.6. The summed E-state index contributed by atoms with van der Waals surface area (Å²) in [6.45, 7) is -42.0. The van der Waals surface area contributed by atoms with Crippen molar-refractivity contribution in [1.29, 1.82) is 0 Å². The highest BCUT2D eigenvalue weighted by Crippen LogP contribution is 2.51. The second-order valence-corrected chi connectivity index (χ2v) is 31.2. The lowest BCUT2D eigenvalue weighted by Gasteiger charge is -2.43. The molecule has 141 heavy (non-hydrogen) atoms. The van der Waals surface area contributed by atoms with E-state index in [1.54, 1.807) is 27.7 Å². The fraction of sp³-hybridized carbons (Fsp3) is 0.641. The fourth-order valence-electron chi connectivity index (χ4n) is 14.1. The molecule has 0 amide bonds. The highest BCUT2D eigenvalue weighted by Gasteiger charge is 2.47. The molecule has 24 heteroatoms. The number of hydrogen-bond donors (Lipinski definition) is 0. The standard InChI is InChI=1S/3C20H29NO3.3C19H27NO3/c3*1-5-13(2)8-15-12-21-7-6-14-9-19(23-3)20(24-4)10-16(14)17(21)11-18(15)22;3*1-12(2)7-14-11-20-6-5-13-8-18(22-3)19(23-4)9-15(13)16(20)10-17(14)21/h3*9-10,13,15,17H,5-8,11-12H2,1-4H3;3*8-9,12,14,16H,5-7,10-11H2,1-4H3/i2D3,3D3,4D3,5D2,6D2,7D2,8D2,9D,10D,11D2,12D2,13D,15D,17D;2D3,3D3,4D3,5D2,6D2,7D2,8D2,9D,10D,11D2,13D,15D,17D;2D3,3D3,4D3,5D2,6D2,7D2,8D2,9D,10D,12D2,13D,17D;3D3,4D3,5D2,6D2,8D,9D,10D2,11D2,14D,16D;3D3,4D3,5D2,6D2,8D,9D,11D2,16D;3D3,4D3,5D2,6D2,10D2,14D,16D. The van der Waals surface area contributed by atoms with Gasteiger partial charge in [0.1, 0.15) is 34.7 Å². The largest absolute Gasteiger partial charge is 0.493 e. The van der Waals surface area contributed by atoms with Gasteiger partial charge in [-0.05, 0) is 251 Å². The Morgan fingerprint density at radius 1 is 0.312 bits per heavy atom. The van der Waals surface area contributed by atoms with Crippen molar-refractivity contribution in [3.63, 3.8) is 0 Å². The Hall–Kier alpha value is -9.30. The first-order chi connectivity index (χ1) is 114. The molecule has 24 nitrogen and oxygen atoms in total. The lowest BCUT2D eigenvalue weighted by atomic mass is 9.79. The Bertz CT molecular complexity index is 11200. The Morgan fingerprint density at radius 3 is 0.972 bits per heavy atom. The van der Waals surface area contributed by atoms with Crippen molar-refractivity contribution >= 4 is 34.7 Å². The molecule has 12 aliphatic heterocycles. The summed E-state index contributed by atoms with van der Waals surface area (Å²) in [5.41, 5.74) is -15.0. The summed E-state index contributed by atoms with van der Waals surface area (Å²) in [6, 6.07) is -34.4. The highest BCUT2D eigenvalue weighted by atomic mass is 16.5. The molecule has 18 rings (SSSR count). The SMILES string of the molecule is [2H]C([2H])([2H])Oc1cc2c(cc1OC([2H])([2H])[2H])C1([2H])N(CC([2H])(CC(C)C)C(=O)C1([2H])[2H])C([2H])([2H])C2([2H])[2H].[2H]c1c(OC([2H])([2H])[2H])c(OC([2H])([2H])[2H])c([2H])c2c1C([2H])([2H])C([2H])([2H])N1C([2H])([2H])C([2H])(C([2H])([2H])C([2H])(C([2H])([2H])[2H])C([2H])([2H])C)C(=O)C([2H])([2H])C21[2H].[2H]c1c(OC([2H])([2H])[2H])c(OC([2H])([2H])[2H])c([2H])c2c1C([2H])([2H])C([2H])([2H])N1C([2H])([2H])C([2H])(CC(C)C)C(=O)C([2H])([2H])C21[2H].[2H]c1c(OC([2H])([2H])[2H])c(OC([2H])([2H])[2H])c([2H])c2c1C([2H])([2H])C([2H])([2H])N1CC([2H])(C([2H])([2H])C([2H])(C([2H])([2H])[2H])C([2H])([2H])C)C(=O)C([2H])([2H])C21[2H].[2H]c1c(OC([2H])([2H])[2H])c(OC([2H])([2H])[2H])c([2H])c2c1C1([2H])CC(=O)C(C([2H])([2H])C([2H])(C([2H])([2H])[2H])C([2H])([2H])C)C([2H])([2H])N1C([2H])([2H])C2([2H])[2H].[2H]c1c(OC([2H])([2H])[2H])c(OC([2H])([2H])[2H])c([2H])c2c1C1([2H])CC(=O)C(CC(C)C)C([2H])([2H])N1C([2H])([2H])C2([2H])[2H]. The second kappa shape index (κ2) is 50.0. The number of fused-ring (bicyclic) bond motifs is 18. The molecule has 0 bridgehead atoms. The van der Waals surface area contributed by atoms with Gasteiger partial charge >= 0.3 is 0 Å². The van der Waals surface area contributed by atoms with Crippen LogP contribution >= 0.6 is 0 Å². The number of methoxy groups -OCH3 is 12. The molecule has 15 atom stereocenters. The van der Waals surface area contributed by atoms with Gasteiger partial charge in [-0.1, -0.05) is 102 Å².